The molecule has 1 aromatic carbocycles. The van der Waals surface area contributed by atoms with Crippen LogP contribution in [0.5, 0.6) is 0 Å². The number of rotatable bonds is 6. The van der Waals surface area contributed by atoms with Gasteiger partial charge in [0.2, 0.25) is 5.95 Å². The summed E-state index contributed by atoms with van der Waals surface area (Å²) >= 11 is 0. The highest BCUT2D eigenvalue weighted by Crippen LogP contribution is 2.52. The van der Waals surface area contributed by atoms with Crippen LogP contribution in [0.1, 0.15) is 63.5 Å². The normalized spacial score (nSPS) is 22.1. The number of piperidine rings is 2. The molecule has 2 aromatic rings. The van der Waals surface area contributed by atoms with E-state index < -0.39 is 66.1 Å². The minimum Gasteiger partial charge on any atom is -0.380 e. The van der Waals surface area contributed by atoms with E-state index in [1.807, 2.05) is 0 Å². The molecule has 1 aliphatic carbocycles. The van der Waals surface area contributed by atoms with Crippen molar-refractivity contribution in [1.29, 1.82) is 0 Å². The van der Waals surface area contributed by atoms with Gasteiger partial charge in [0.1, 0.15) is 11.4 Å². The van der Waals surface area contributed by atoms with Crippen LogP contribution in [0.25, 0.3) is 0 Å². The lowest BCUT2D eigenvalue weighted by Crippen LogP contribution is -2.53. The van der Waals surface area contributed by atoms with Crippen molar-refractivity contribution in [2.24, 2.45) is 5.41 Å². The number of hydrogen-bond acceptors (Lipinski definition) is 7. The van der Waals surface area contributed by atoms with Gasteiger partial charge in [-0.1, -0.05) is 0 Å². The van der Waals surface area contributed by atoms with E-state index in [-0.39, 0.29) is 16.6 Å². The zero-order valence-electron chi connectivity index (χ0n) is 24.4. The Morgan fingerprint density at radius 3 is 2.19 bits per heavy atom. The molecule has 2 aliphatic heterocycles. The fraction of sp³-hybridized carbons (Fsp3) is 0.655. The lowest BCUT2D eigenvalue weighted by atomic mass is 9.63. The molecule has 1 saturated carbocycles. The molecule has 1 aromatic heterocycles. The van der Waals surface area contributed by atoms with Crippen molar-refractivity contribution in [1.82, 2.24) is 14.9 Å². The zero-order valence-corrected chi connectivity index (χ0v) is 25.2. The Labute approximate surface area is 249 Å². The average molecular weight is 634 g/mol. The van der Waals surface area contributed by atoms with Gasteiger partial charge in [0.15, 0.2) is 5.60 Å². The third-order valence-corrected chi connectivity index (χ3v) is 11.0. The second-order valence-corrected chi connectivity index (χ2v) is 14.2. The van der Waals surface area contributed by atoms with E-state index in [1.165, 1.54) is 0 Å². The standard InChI is InChI=1S/C29H37F6N5O2S/c1-18(2)39-10-6-26(7-11-39)15-21(16-26)43(42)20-4-5-23(19(3)14-20)37-25-36-17-22(28(30,31)32)24(38-25)40-12-8-27(41,9-13-40)29(33,34)35/h4-5,14,17-18,21,41H,6-13,15-16H2,1-3H3,(H,36,37,38). The molecule has 14 heteroatoms. The van der Waals surface area contributed by atoms with Gasteiger partial charge in [-0.25, -0.2) is 4.98 Å². The first-order valence-electron chi connectivity index (χ1n) is 14.5. The van der Waals surface area contributed by atoms with Gasteiger partial charge in [0.25, 0.3) is 0 Å². The monoisotopic (exact) mass is 633 g/mol. The van der Waals surface area contributed by atoms with Crippen LogP contribution in [0.15, 0.2) is 29.3 Å². The first-order valence-corrected chi connectivity index (χ1v) is 15.7. The van der Waals surface area contributed by atoms with Crippen molar-refractivity contribution >= 4 is 28.3 Å². The summed E-state index contributed by atoms with van der Waals surface area (Å²) in [5.41, 5.74) is -2.66. The van der Waals surface area contributed by atoms with Crippen LogP contribution in [0.4, 0.5) is 43.8 Å². The summed E-state index contributed by atoms with van der Waals surface area (Å²) in [7, 11) is -1.19. The molecule has 3 aliphatic rings. The molecule has 2 saturated heterocycles. The molecule has 0 radical (unpaired) electrons. The first-order chi connectivity index (χ1) is 20.0. The molecule has 43 heavy (non-hydrogen) atoms. The van der Waals surface area contributed by atoms with Crippen LogP contribution in [0.3, 0.4) is 0 Å². The number of anilines is 3. The van der Waals surface area contributed by atoms with E-state index in [4.69, 9.17) is 0 Å². The Balaban J connectivity index is 1.27. The van der Waals surface area contributed by atoms with E-state index >= 15 is 0 Å². The predicted molar refractivity (Wildman–Crippen MR) is 152 cm³/mol. The molecule has 5 rings (SSSR count). The summed E-state index contributed by atoms with van der Waals surface area (Å²) in [6, 6.07) is 5.73. The summed E-state index contributed by atoms with van der Waals surface area (Å²) < 4.78 is 94.3. The van der Waals surface area contributed by atoms with Gasteiger partial charge >= 0.3 is 12.4 Å². The number of aromatic nitrogens is 2. The summed E-state index contributed by atoms with van der Waals surface area (Å²) in [6.45, 7) is 7.39. The fourth-order valence-corrected chi connectivity index (χ4v) is 8.33. The molecule has 1 unspecified atom stereocenters. The Hall–Kier alpha value is -2.45. The van der Waals surface area contributed by atoms with Crippen molar-refractivity contribution < 1.29 is 35.7 Å². The molecule has 3 fully saturated rings. The Morgan fingerprint density at radius 2 is 1.65 bits per heavy atom. The largest absolute Gasteiger partial charge is 0.421 e. The molecular formula is C29H37F6N5O2S. The van der Waals surface area contributed by atoms with Gasteiger partial charge in [0.05, 0.1) is 10.8 Å². The maximum absolute atomic E-state index is 13.8. The highest BCUT2D eigenvalue weighted by Gasteiger charge is 2.55. The summed E-state index contributed by atoms with van der Waals surface area (Å²) in [6.07, 6.45) is -6.57. The van der Waals surface area contributed by atoms with E-state index in [2.05, 4.69) is 34.0 Å². The smallest absolute Gasteiger partial charge is 0.380 e. The topological polar surface area (TPSA) is 81.6 Å². The van der Waals surface area contributed by atoms with Crippen molar-refractivity contribution in [2.45, 2.75) is 93.4 Å². The minimum absolute atomic E-state index is 0.0872. The number of benzene rings is 1. The minimum atomic E-state index is -4.89. The number of nitrogens with one attached hydrogen (secondary N) is 1. The lowest BCUT2D eigenvalue weighted by molar-refractivity contribution is -0.266. The number of hydrogen-bond donors (Lipinski definition) is 2. The number of alkyl halides is 6. The molecule has 7 nitrogen and oxygen atoms in total. The molecule has 1 atom stereocenters. The highest BCUT2D eigenvalue weighted by atomic mass is 32.2. The number of likely N-dealkylation sites (tertiary alicyclic amines) is 1. The van der Waals surface area contributed by atoms with Gasteiger partial charge in [0, 0.05) is 54.0 Å². The van der Waals surface area contributed by atoms with Crippen LogP contribution < -0.4 is 10.2 Å². The SMILES string of the molecule is Cc1cc(S(=O)C2CC3(CCN(C(C)C)CC3)C2)ccc1Nc1ncc(C(F)(F)F)c(N2CCC(O)(C(F)(F)F)CC2)n1. The fourth-order valence-electron chi connectivity index (χ4n) is 6.44. The number of nitrogens with zero attached hydrogens (tertiary/aromatic N) is 4. The molecular weight excluding hydrogens is 596 g/mol. The van der Waals surface area contributed by atoms with Crippen LogP contribution in [-0.2, 0) is 17.0 Å². The van der Waals surface area contributed by atoms with Gasteiger partial charge < -0.3 is 20.2 Å². The summed E-state index contributed by atoms with van der Waals surface area (Å²) in [5.74, 6) is -0.715. The van der Waals surface area contributed by atoms with Crippen molar-refractivity contribution in [3.05, 3.63) is 35.5 Å². The molecule has 1 spiro atoms. The number of aryl methyl sites for hydroxylation is 1. The maximum Gasteiger partial charge on any atom is 0.421 e. The van der Waals surface area contributed by atoms with Gasteiger partial charge in [-0.15, -0.1) is 0 Å². The molecule has 0 amide bonds. The van der Waals surface area contributed by atoms with E-state index in [0.717, 1.165) is 43.7 Å². The number of halogens is 6. The second kappa shape index (κ2) is 11.5. The van der Waals surface area contributed by atoms with Gasteiger partial charge in [-0.2, -0.15) is 31.3 Å². The van der Waals surface area contributed by atoms with Crippen LogP contribution in [0.2, 0.25) is 0 Å². The van der Waals surface area contributed by atoms with Crippen molar-refractivity contribution in [3.63, 3.8) is 0 Å². The number of aliphatic hydroxyl groups is 1. The summed E-state index contributed by atoms with van der Waals surface area (Å²) in [4.78, 5) is 12.1. The maximum atomic E-state index is 13.8. The van der Waals surface area contributed by atoms with Crippen LogP contribution in [-0.4, -0.2) is 73.4 Å². The van der Waals surface area contributed by atoms with Crippen LogP contribution in [0, 0.1) is 12.3 Å². The van der Waals surface area contributed by atoms with Crippen molar-refractivity contribution in [2.75, 3.05) is 36.4 Å². The first kappa shape index (κ1) is 32.0. The molecule has 3 heterocycles. The molecule has 0 bridgehead atoms. The quantitative estimate of drug-likeness (QED) is 0.367. The molecule has 238 valence electrons. The van der Waals surface area contributed by atoms with E-state index in [1.54, 1.807) is 25.1 Å². The van der Waals surface area contributed by atoms with E-state index in [9.17, 15) is 35.7 Å². The third kappa shape index (κ3) is 6.51. The predicted octanol–water partition coefficient (Wildman–Crippen LogP) is 6.20. The van der Waals surface area contributed by atoms with Gasteiger partial charge in [-0.3, -0.25) is 4.21 Å². The molecule has 2 N–H and O–H groups in total. The lowest BCUT2D eigenvalue weighted by Gasteiger charge is -2.52. The summed E-state index contributed by atoms with van der Waals surface area (Å²) in [5, 5.41) is 12.9. The Bertz CT molecular complexity index is 1340. The third-order valence-electron chi connectivity index (χ3n) is 9.38. The Kier molecular flexibility index (Phi) is 8.53. The zero-order chi connectivity index (χ0) is 31.4. The Morgan fingerprint density at radius 1 is 1.02 bits per heavy atom. The highest BCUT2D eigenvalue weighted by molar-refractivity contribution is 7.85. The van der Waals surface area contributed by atoms with Gasteiger partial charge in [-0.05, 0) is 88.7 Å². The van der Waals surface area contributed by atoms with E-state index in [0.29, 0.717) is 28.4 Å². The van der Waals surface area contributed by atoms with Crippen molar-refractivity contribution in [3.8, 4) is 0 Å². The second-order valence-electron chi connectivity index (χ2n) is 12.5. The van der Waals surface area contributed by atoms with Crippen LogP contribution >= 0.6 is 0 Å². The average Bonchev–Trinajstić information content (AvgIpc) is 2.91.